The molecule has 5 heteroatoms. The molecule has 0 aliphatic heterocycles. The molecule has 2 atom stereocenters. The summed E-state index contributed by atoms with van der Waals surface area (Å²) in [5, 5.41) is 14.7. The van der Waals surface area contributed by atoms with E-state index in [0.717, 1.165) is 25.0 Å². The zero-order chi connectivity index (χ0) is 15.9. The highest BCUT2D eigenvalue weighted by atomic mass is 16.6. The Morgan fingerprint density at radius 3 is 2.77 bits per heavy atom. The van der Waals surface area contributed by atoms with Crippen LogP contribution in [0.25, 0.3) is 0 Å². The van der Waals surface area contributed by atoms with Gasteiger partial charge in [0.1, 0.15) is 0 Å². The molecule has 1 aliphatic carbocycles. The quantitative estimate of drug-likeness (QED) is 0.621. The summed E-state index contributed by atoms with van der Waals surface area (Å²) in [5.41, 5.74) is 2.32. The van der Waals surface area contributed by atoms with E-state index in [1.165, 1.54) is 5.56 Å². The Bertz CT molecular complexity index is 528. The van der Waals surface area contributed by atoms with Crippen LogP contribution in [0.1, 0.15) is 31.7 Å². The molecule has 1 N–H and O–H groups in total. The fraction of sp³-hybridized carbons (Fsp3) is 0.529. The van der Waals surface area contributed by atoms with Crippen LogP contribution in [-0.4, -0.2) is 24.7 Å². The summed E-state index contributed by atoms with van der Waals surface area (Å²) in [5.74, 6) is 0.198. The van der Waals surface area contributed by atoms with Crippen LogP contribution in [0.2, 0.25) is 0 Å². The van der Waals surface area contributed by atoms with Gasteiger partial charge in [-0.2, -0.15) is 0 Å². The second-order valence-corrected chi connectivity index (χ2v) is 5.90. The molecule has 1 unspecified atom stereocenters. The number of hydrogen-bond acceptors (Lipinski definition) is 4. The van der Waals surface area contributed by atoms with Gasteiger partial charge in [0.05, 0.1) is 23.3 Å². The molecule has 1 aliphatic rings. The van der Waals surface area contributed by atoms with Gasteiger partial charge >= 0.3 is 0 Å². The summed E-state index contributed by atoms with van der Waals surface area (Å²) in [4.78, 5) is 11.1. The maximum atomic E-state index is 11.3. The standard InChI is InChI=1S/C17H24N2O3/c1-13-7-6-10-16(19(20)21)17(13)18-15(12-22-2)11-14-8-4-3-5-9-14/h3-5,8-9,13,15,18H,6-7,10-12H2,1-2H3/t13?,15-/m0/s1. The summed E-state index contributed by atoms with van der Waals surface area (Å²) in [6.45, 7) is 2.58. The molecule has 0 heterocycles. The first kappa shape index (κ1) is 16.5. The molecule has 5 nitrogen and oxygen atoms in total. The maximum Gasteiger partial charge on any atom is 0.265 e. The van der Waals surface area contributed by atoms with E-state index in [9.17, 15) is 10.1 Å². The van der Waals surface area contributed by atoms with Crippen molar-refractivity contribution in [1.29, 1.82) is 0 Å². The molecule has 0 aromatic heterocycles. The second kappa shape index (κ2) is 7.94. The number of rotatable bonds is 7. The zero-order valence-electron chi connectivity index (χ0n) is 13.2. The van der Waals surface area contributed by atoms with Crippen LogP contribution < -0.4 is 5.32 Å². The third-order valence-corrected chi connectivity index (χ3v) is 4.13. The topological polar surface area (TPSA) is 64.4 Å². The Morgan fingerprint density at radius 2 is 2.14 bits per heavy atom. The molecule has 1 aromatic rings. The highest BCUT2D eigenvalue weighted by Crippen LogP contribution is 2.29. The number of benzene rings is 1. The van der Waals surface area contributed by atoms with Crippen molar-refractivity contribution in [3.8, 4) is 0 Å². The smallest absolute Gasteiger partial charge is 0.265 e. The van der Waals surface area contributed by atoms with Crippen molar-refractivity contribution in [3.63, 3.8) is 0 Å². The lowest BCUT2D eigenvalue weighted by Crippen LogP contribution is -2.38. The minimum Gasteiger partial charge on any atom is -0.383 e. The van der Waals surface area contributed by atoms with E-state index in [4.69, 9.17) is 4.74 Å². The van der Waals surface area contributed by atoms with Crippen molar-refractivity contribution in [2.45, 2.75) is 38.6 Å². The number of nitrogens with one attached hydrogen (secondary N) is 1. The van der Waals surface area contributed by atoms with Crippen LogP contribution in [0.3, 0.4) is 0 Å². The van der Waals surface area contributed by atoms with Crippen molar-refractivity contribution < 1.29 is 9.66 Å². The van der Waals surface area contributed by atoms with Crippen molar-refractivity contribution in [2.75, 3.05) is 13.7 Å². The van der Waals surface area contributed by atoms with Crippen molar-refractivity contribution in [2.24, 2.45) is 5.92 Å². The van der Waals surface area contributed by atoms with E-state index in [2.05, 4.69) is 24.4 Å². The lowest BCUT2D eigenvalue weighted by molar-refractivity contribution is -0.431. The van der Waals surface area contributed by atoms with Gasteiger partial charge in [0.15, 0.2) is 0 Å². The number of ether oxygens (including phenoxy) is 1. The molecular weight excluding hydrogens is 280 g/mol. The molecule has 22 heavy (non-hydrogen) atoms. The van der Waals surface area contributed by atoms with Gasteiger partial charge < -0.3 is 10.1 Å². The van der Waals surface area contributed by atoms with Crippen LogP contribution in [-0.2, 0) is 11.2 Å². The highest BCUT2D eigenvalue weighted by molar-refractivity contribution is 5.18. The highest BCUT2D eigenvalue weighted by Gasteiger charge is 2.29. The summed E-state index contributed by atoms with van der Waals surface area (Å²) in [6, 6.07) is 10.2. The van der Waals surface area contributed by atoms with Crippen LogP contribution in [0, 0.1) is 16.0 Å². The maximum absolute atomic E-state index is 11.3. The van der Waals surface area contributed by atoms with Crippen LogP contribution in [0.4, 0.5) is 0 Å². The Hall–Kier alpha value is -1.88. The molecule has 0 spiro atoms. The molecule has 0 saturated carbocycles. The van der Waals surface area contributed by atoms with Crippen LogP contribution >= 0.6 is 0 Å². The number of methoxy groups -OCH3 is 1. The van der Waals surface area contributed by atoms with Gasteiger partial charge in [0.25, 0.3) is 5.70 Å². The first-order valence-corrected chi connectivity index (χ1v) is 7.78. The summed E-state index contributed by atoms with van der Waals surface area (Å²) in [7, 11) is 1.66. The Balaban J connectivity index is 2.16. The third-order valence-electron chi connectivity index (χ3n) is 4.13. The van der Waals surface area contributed by atoms with Gasteiger partial charge in [0.2, 0.25) is 0 Å². The fourth-order valence-electron chi connectivity index (χ4n) is 3.03. The Morgan fingerprint density at radius 1 is 1.41 bits per heavy atom. The van der Waals surface area contributed by atoms with Gasteiger partial charge in [0, 0.05) is 19.4 Å². The van der Waals surface area contributed by atoms with Crippen LogP contribution in [0.5, 0.6) is 0 Å². The normalized spacial score (nSPS) is 19.8. The third kappa shape index (κ3) is 4.31. The van der Waals surface area contributed by atoms with E-state index in [-0.39, 0.29) is 16.9 Å². The van der Waals surface area contributed by atoms with E-state index >= 15 is 0 Å². The van der Waals surface area contributed by atoms with Crippen molar-refractivity contribution in [1.82, 2.24) is 5.32 Å². The van der Waals surface area contributed by atoms with Gasteiger partial charge in [-0.05, 0) is 24.8 Å². The molecule has 2 rings (SSSR count). The molecule has 1 aromatic carbocycles. The number of nitrogens with zero attached hydrogens (tertiary/aromatic N) is 1. The van der Waals surface area contributed by atoms with Crippen molar-refractivity contribution in [3.05, 3.63) is 57.4 Å². The summed E-state index contributed by atoms with van der Waals surface area (Å²) >= 11 is 0. The molecule has 0 radical (unpaired) electrons. The second-order valence-electron chi connectivity index (χ2n) is 5.90. The molecule has 0 saturated heterocycles. The fourth-order valence-corrected chi connectivity index (χ4v) is 3.03. The lowest BCUT2D eigenvalue weighted by atomic mass is 9.91. The predicted octanol–water partition coefficient (Wildman–Crippen LogP) is 3.14. The minimum absolute atomic E-state index is 0.0397. The number of allylic oxidation sites excluding steroid dienone is 2. The average molecular weight is 304 g/mol. The van der Waals surface area contributed by atoms with Crippen molar-refractivity contribution >= 4 is 0 Å². The Labute approximate surface area is 131 Å². The van der Waals surface area contributed by atoms with E-state index in [1.807, 2.05) is 18.2 Å². The predicted molar refractivity (Wildman–Crippen MR) is 86.0 cm³/mol. The van der Waals surface area contributed by atoms with Crippen LogP contribution in [0.15, 0.2) is 41.7 Å². The first-order valence-electron chi connectivity index (χ1n) is 7.78. The van der Waals surface area contributed by atoms with E-state index in [0.29, 0.717) is 18.7 Å². The minimum atomic E-state index is -0.232. The van der Waals surface area contributed by atoms with Gasteiger partial charge in [-0.1, -0.05) is 37.3 Å². The number of nitro groups is 1. The zero-order valence-corrected chi connectivity index (χ0v) is 13.2. The average Bonchev–Trinajstić information content (AvgIpc) is 2.50. The molecular formula is C17H24N2O3. The molecule has 0 bridgehead atoms. The SMILES string of the molecule is COC[C@H](Cc1ccccc1)NC1=C([N+](=O)[O-])CCCC1C. The van der Waals surface area contributed by atoms with Gasteiger partial charge in [-0.3, -0.25) is 10.1 Å². The summed E-state index contributed by atoms with van der Waals surface area (Å²) < 4.78 is 5.29. The van der Waals surface area contributed by atoms with E-state index < -0.39 is 0 Å². The molecule has 120 valence electrons. The largest absolute Gasteiger partial charge is 0.383 e. The Kier molecular flexibility index (Phi) is 5.95. The first-order chi connectivity index (χ1) is 10.6. The van der Waals surface area contributed by atoms with Gasteiger partial charge in [-0.15, -0.1) is 0 Å². The monoisotopic (exact) mass is 304 g/mol. The van der Waals surface area contributed by atoms with Gasteiger partial charge in [-0.25, -0.2) is 0 Å². The molecule has 0 amide bonds. The summed E-state index contributed by atoms with van der Waals surface area (Å²) in [6.07, 6.45) is 3.21. The lowest BCUT2D eigenvalue weighted by Gasteiger charge is -2.27. The number of hydrogen-bond donors (Lipinski definition) is 1. The van der Waals surface area contributed by atoms with E-state index in [1.54, 1.807) is 7.11 Å². The molecule has 0 fully saturated rings.